The Kier molecular flexibility index (Phi) is 27.0. The maximum atomic E-state index is 14.7. The average molecular weight is 1130 g/mol. The predicted molar refractivity (Wildman–Crippen MR) is 292 cm³/mol. The van der Waals surface area contributed by atoms with Crippen LogP contribution in [0.1, 0.15) is 130 Å². The molecule has 1 aromatic carbocycles. The molecule has 3 saturated heterocycles. The van der Waals surface area contributed by atoms with Crippen LogP contribution in [0.3, 0.4) is 0 Å². The van der Waals surface area contributed by atoms with Gasteiger partial charge in [0.2, 0.25) is 53.2 Å². The first-order valence-corrected chi connectivity index (χ1v) is 28.3. The number of aliphatic hydroxyl groups excluding tert-OH is 5. The van der Waals surface area contributed by atoms with Crippen LogP contribution in [0.4, 0.5) is 0 Å². The summed E-state index contributed by atoms with van der Waals surface area (Å²) < 4.78 is 0. The molecule has 9 amide bonds. The number of nitrogens with zero attached hydrogens (tertiary/aromatic N) is 3. The molecule has 0 saturated carbocycles. The lowest BCUT2D eigenvalue weighted by Gasteiger charge is -2.34. The van der Waals surface area contributed by atoms with Gasteiger partial charge in [-0.15, -0.1) is 0 Å². The Balaban J connectivity index is 1.74. The van der Waals surface area contributed by atoms with Crippen LogP contribution in [0.15, 0.2) is 24.3 Å². The highest BCUT2D eigenvalue weighted by atomic mass is 16.3. The van der Waals surface area contributed by atoms with Gasteiger partial charge in [0.1, 0.15) is 42.0 Å². The highest BCUT2D eigenvalue weighted by Crippen LogP contribution is 2.25. The molecule has 0 unspecified atom stereocenters. The molecule has 3 aliphatic rings. The van der Waals surface area contributed by atoms with Gasteiger partial charge in [-0.25, -0.2) is 0 Å². The lowest BCUT2D eigenvalue weighted by Crippen LogP contribution is -2.64. The minimum atomic E-state index is -2.12. The molecule has 0 bridgehead atoms. The number of hydrogen-bond donors (Lipinski definition) is 13. The van der Waals surface area contributed by atoms with Crippen molar-refractivity contribution in [3.05, 3.63) is 29.8 Å². The molecule has 25 nitrogen and oxygen atoms in total. The minimum absolute atomic E-state index is 0.0260. The van der Waals surface area contributed by atoms with Crippen molar-refractivity contribution < 1.29 is 73.8 Å². The second-order valence-corrected chi connectivity index (χ2v) is 22.6. The summed E-state index contributed by atoms with van der Waals surface area (Å²) in [6.07, 6.45) is -2.04. The van der Waals surface area contributed by atoms with Gasteiger partial charge < -0.3 is 83.0 Å². The molecule has 80 heavy (non-hydrogen) atoms. The summed E-state index contributed by atoms with van der Waals surface area (Å²) in [4.78, 5) is 129. The second kappa shape index (κ2) is 32.5. The standard InChI is InChI=1S/C55H90N10O15/c1-7-31(2)24-32(3)14-12-10-8-9-11-13-15-44(73)59-38-21-18-35(28-57-45(74)30-63(5)6)58-53(78)49-40(69)22-23-64(49)55(80)48(42(71)27-43(56)72)62-52(77)47(41(70)25-34-16-19-36(67)20-17-34)61-51(76)39-26-37(68)29-65(39)54(79)46(33(4)66)60-50(38)75/h16-17,19-20,31-33,35,37-42,46-49,66-71H,7-15,18,21-30H2,1-6H3,(H2,56,72)(H,57,74)(H,58,78)(H,59,73)(H,60,75)(H,61,76)(H,62,77)/t31-,32+,33+,35+,37+,38-,39-,40-,41+,42+,46-,47-,48-,49-/m0/s1. The van der Waals surface area contributed by atoms with Crippen molar-refractivity contribution >= 4 is 53.2 Å². The van der Waals surface area contributed by atoms with Gasteiger partial charge in [-0.2, -0.15) is 0 Å². The van der Waals surface area contributed by atoms with Gasteiger partial charge in [-0.05, 0) is 82.7 Å². The third-order valence-electron chi connectivity index (χ3n) is 15.2. The molecule has 14 N–H and O–H groups in total. The first kappa shape index (κ1) is 66.5. The monoisotopic (exact) mass is 1130 g/mol. The maximum Gasteiger partial charge on any atom is 0.248 e. The zero-order valence-electron chi connectivity index (χ0n) is 47.3. The van der Waals surface area contributed by atoms with Crippen LogP contribution in [-0.4, -0.2) is 212 Å². The Bertz CT molecular complexity index is 2240. The van der Waals surface area contributed by atoms with Gasteiger partial charge in [-0.1, -0.05) is 77.8 Å². The highest BCUT2D eigenvalue weighted by Gasteiger charge is 2.48. The number of aromatic hydroxyl groups is 1. The molecular formula is C55H90N10O15. The molecule has 0 aromatic heterocycles. The summed E-state index contributed by atoms with van der Waals surface area (Å²) in [5.74, 6) is -7.50. The number of rotatable bonds is 24. The van der Waals surface area contributed by atoms with Crippen LogP contribution in [0.5, 0.6) is 5.75 Å². The zero-order valence-corrected chi connectivity index (χ0v) is 47.3. The van der Waals surface area contributed by atoms with E-state index in [0.717, 1.165) is 54.7 Å². The SMILES string of the molecule is CC[C@H](C)C[C@H](C)CCCCCCCCC(=O)N[C@H]1CC[C@H](CNC(=O)CN(C)C)NC(=O)[C@@H]2[C@@H](O)CCN2C(=O)[C@H]([C@H](O)CC(N)=O)NC(=O)[C@H]([C@H](O)Cc2ccc(O)cc2)NC(=O)[C@@H]2C[C@@H](O)CN2C(=O)[C@H]([C@@H](C)O)NC1=O. The summed E-state index contributed by atoms with van der Waals surface area (Å²) in [6.45, 7) is 6.78. The summed E-state index contributed by atoms with van der Waals surface area (Å²) in [5, 5.41) is 81.8. The number of phenols is 1. The highest BCUT2D eigenvalue weighted by molar-refractivity contribution is 5.98. The zero-order chi connectivity index (χ0) is 59.4. The quantitative estimate of drug-likeness (QED) is 0.0495. The van der Waals surface area contributed by atoms with E-state index in [1.54, 1.807) is 19.0 Å². The Labute approximate surface area is 468 Å². The lowest BCUT2D eigenvalue weighted by molar-refractivity contribution is -0.147. The van der Waals surface area contributed by atoms with E-state index in [-0.39, 0.29) is 57.5 Å². The second-order valence-electron chi connectivity index (χ2n) is 22.6. The topological polar surface area (TPSA) is 383 Å². The third kappa shape index (κ3) is 20.8. The summed E-state index contributed by atoms with van der Waals surface area (Å²) in [5.41, 5.74) is 5.76. The number of nitrogens with two attached hydrogens (primary N) is 1. The molecule has 0 spiro atoms. The number of fused-ring (bicyclic) bond motifs is 2. The van der Waals surface area contributed by atoms with Crippen LogP contribution in [0.2, 0.25) is 0 Å². The molecule has 1 aromatic rings. The number of unbranched alkanes of at least 4 members (excludes halogenated alkanes) is 5. The van der Waals surface area contributed by atoms with Gasteiger partial charge in [0.25, 0.3) is 0 Å². The molecule has 0 aliphatic carbocycles. The van der Waals surface area contributed by atoms with Crippen LogP contribution in [-0.2, 0) is 49.6 Å². The number of nitrogens with one attached hydrogen (secondary N) is 6. The van der Waals surface area contributed by atoms with Crippen molar-refractivity contribution in [2.24, 2.45) is 17.6 Å². The number of likely N-dealkylation sites (N-methyl/N-ethyl adjacent to an activating group) is 1. The van der Waals surface area contributed by atoms with E-state index in [1.165, 1.54) is 37.6 Å². The minimum Gasteiger partial charge on any atom is -0.508 e. The number of amides is 9. The van der Waals surface area contributed by atoms with E-state index in [2.05, 4.69) is 52.7 Å². The Hall–Kier alpha value is -5.99. The van der Waals surface area contributed by atoms with Crippen molar-refractivity contribution in [3.63, 3.8) is 0 Å². The fourth-order valence-corrected chi connectivity index (χ4v) is 10.6. The molecule has 0 radical (unpaired) electrons. The van der Waals surface area contributed by atoms with Gasteiger partial charge in [0, 0.05) is 44.9 Å². The van der Waals surface area contributed by atoms with E-state index in [9.17, 15) is 73.8 Å². The summed E-state index contributed by atoms with van der Waals surface area (Å²) >= 11 is 0. The molecule has 3 fully saturated rings. The normalized spacial score (nSPS) is 26.6. The molecule has 4 rings (SSSR count). The van der Waals surface area contributed by atoms with Gasteiger partial charge in [0.05, 0.1) is 43.5 Å². The molecule has 450 valence electrons. The van der Waals surface area contributed by atoms with E-state index in [1.807, 2.05) is 0 Å². The number of benzene rings is 1. The Morgan fingerprint density at radius 3 is 2.00 bits per heavy atom. The van der Waals surface area contributed by atoms with Crippen LogP contribution in [0, 0.1) is 11.8 Å². The number of primary amides is 1. The molecule has 25 heteroatoms. The fourth-order valence-electron chi connectivity index (χ4n) is 10.6. The number of carbonyl (C=O) groups is 9. The van der Waals surface area contributed by atoms with E-state index in [4.69, 9.17) is 5.73 Å². The molecule has 3 aliphatic heterocycles. The smallest absolute Gasteiger partial charge is 0.248 e. The van der Waals surface area contributed by atoms with Gasteiger partial charge in [-0.3, -0.25) is 43.2 Å². The first-order chi connectivity index (χ1) is 37.8. The van der Waals surface area contributed by atoms with Crippen LogP contribution < -0.4 is 37.6 Å². The average Bonchev–Trinajstić information content (AvgIpc) is 3.98. The Morgan fingerprint density at radius 2 is 1.36 bits per heavy atom. The van der Waals surface area contributed by atoms with Crippen molar-refractivity contribution in [2.75, 3.05) is 40.3 Å². The number of aliphatic hydroxyl groups is 5. The summed E-state index contributed by atoms with van der Waals surface area (Å²) in [6, 6.07) is -6.41. The lowest BCUT2D eigenvalue weighted by atomic mass is 9.91. The van der Waals surface area contributed by atoms with Crippen LogP contribution in [0.25, 0.3) is 0 Å². The number of hydrogen-bond acceptors (Lipinski definition) is 16. The Morgan fingerprint density at radius 1 is 0.738 bits per heavy atom. The molecular weight excluding hydrogens is 1040 g/mol. The molecule has 3 heterocycles. The summed E-state index contributed by atoms with van der Waals surface area (Å²) in [7, 11) is 3.31. The van der Waals surface area contributed by atoms with Gasteiger partial charge >= 0.3 is 0 Å². The van der Waals surface area contributed by atoms with Gasteiger partial charge in [0.15, 0.2) is 0 Å². The third-order valence-corrected chi connectivity index (χ3v) is 15.2. The van der Waals surface area contributed by atoms with E-state index >= 15 is 0 Å². The van der Waals surface area contributed by atoms with Crippen molar-refractivity contribution in [1.29, 1.82) is 0 Å². The predicted octanol–water partition coefficient (Wildman–Crippen LogP) is -2.08. The van der Waals surface area contributed by atoms with Crippen molar-refractivity contribution in [2.45, 2.75) is 203 Å². The van der Waals surface area contributed by atoms with Crippen molar-refractivity contribution in [3.8, 4) is 5.75 Å². The first-order valence-electron chi connectivity index (χ1n) is 28.3. The maximum absolute atomic E-state index is 14.7. The fraction of sp³-hybridized carbons (Fsp3) is 0.727. The number of phenolic OH excluding ortho intramolecular Hbond substituents is 1. The van der Waals surface area contributed by atoms with Crippen LogP contribution >= 0.6 is 0 Å². The number of carbonyl (C=O) groups excluding carboxylic acids is 9. The molecule has 14 atom stereocenters. The van der Waals surface area contributed by atoms with Crippen molar-refractivity contribution in [1.82, 2.24) is 46.6 Å². The largest absolute Gasteiger partial charge is 0.508 e. The van der Waals surface area contributed by atoms with E-state index < -0.39 is 145 Å². The van der Waals surface area contributed by atoms with E-state index in [0.29, 0.717) is 23.8 Å².